The Hall–Kier alpha value is -2.29. The maximum absolute atomic E-state index is 10.8. The molecule has 2 aromatic heterocycles. The monoisotopic (exact) mass is 364 g/mol. The summed E-state index contributed by atoms with van der Waals surface area (Å²) in [4.78, 5) is 24.7. The lowest BCUT2D eigenvalue weighted by Gasteiger charge is -2.08. The van der Waals surface area contributed by atoms with Crippen LogP contribution in [0.1, 0.15) is 36.3 Å². The summed E-state index contributed by atoms with van der Waals surface area (Å²) in [7, 11) is 0. The van der Waals surface area contributed by atoms with Gasteiger partial charge in [0.15, 0.2) is 0 Å². The largest absolute Gasteiger partial charge is 0.383 e. The van der Waals surface area contributed by atoms with Crippen molar-refractivity contribution in [1.29, 1.82) is 0 Å². The second-order valence-electron chi connectivity index (χ2n) is 5.68. The summed E-state index contributed by atoms with van der Waals surface area (Å²) in [6.45, 7) is 2.71. The third-order valence-electron chi connectivity index (χ3n) is 3.73. The Morgan fingerprint density at radius 3 is 2.96 bits per heavy atom. The Bertz CT molecular complexity index is 668. The lowest BCUT2D eigenvalue weighted by atomic mass is 10.1. The van der Waals surface area contributed by atoms with Crippen molar-refractivity contribution in [3.05, 3.63) is 57.9 Å². The molecular formula is C16H24N6O2S. The lowest BCUT2D eigenvalue weighted by Crippen LogP contribution is -2.18. The van der Waals surface area contributed by atoms with Gasteiger partial charge in [-0.2, -0.15) is 11.8 Å². The Labute approximate surface area is 151 Å². The second-order valence-corrected chi connectivity index (χ2v) is 6.78. The Morgan fingerprint density at radius 2 is 2.28 bits per heavy atom. The van der Waals surface area contributed by atoms with Gasteiger partial charge >= 0.3 is 0 Å². The van der Waals surface area contributed by atoms with Crippen LogP contribution in [0, 0.1) is 17.0 Å². The van der Waals surface area contributed by atoms with E-state index in [2.05, 4.69) is 25.3 Å². The van der Waals surface area contributed by atoms with Crippen LogP contribution in [0.2, 0.25) is 0 Å². The van der Waals surface area contributed by atoms with Gasteiger partial charge in [0.05, 0.1) is 29.0 Å². The van der Waals surface area contributed by atoms with Crippen molar-refractivity contribution in [1.82, 2.24) is 25.3 Å². The number of nitro groups is 1. The third-order valence-corrected chi connectivity index (χ3v) is 4.70. The van der Waals surface area contributed by atoms with E-state index in [0.717, 1.165) is 54.0 Å². The number of aromatic amines is 2. The molecular weight excluding hydrogens is 340 g/mol. The highest BCUT2D eigenvalue weighted by Gasteiger charge is 2.05. The van der Waals surface area contributed by atoms with Crippen LogP contribution in [-0.4, -0.2) is 37.2 Å². The molecule has 9 heteroatoms. The summed E-state index contributed by atoms with van der Waals surface area (Å²) in [5, 5.41) is 14.0. The summed E-state index contributed by atoms with van der Waals surface area (Å²) >= 11 is 1.76. The number of nitrogens with one attached hydrogen (secondary N) is 3. The number of imidazole rings is 2. The number of H-pyrrole nitrogens is 2. The first-order valence-electron chi connectivity index (χ1n) is 8.27. The van der Waals surface area contributed by atoms with E-state index in [1.165, 1.54) is 0 Å². The van der Waals surface area contributed by atoms with Gasteiger partial charge in [-0.3, -0.25) is 10.1 Å². The van der Waals surface area contributed by atoms with Crippen LogP contribution in [0.5, 0.6) is 0 Å². The molecule has 2 rings (SSSR count). The highest BCUT2D eigenvalue weighted by atomic mass is 32.2. The molecule has 0 aliphatic rings. The molecule has 0 bridgehead atoms. The van der Waals surface area contributed by atoms with Crippen LogP contribution in [0.4, 0.5) is 0 Å². The van der Waals surface area contributed by atoms with E-state index in [1.54, 1.807) is 24.4 Å². The van der Waals surface area contributed by atoms with Crippen molar-refractivity contribution in [3.8, 4) is 0 Å². The highest BCUT2D eigenvalue weighted by Crippen LogP contribution is 2.12. The molecule has 3 N–H and O–H groups in total. The fraction of sp³-hybridized carbons (Fsp3) is 0.500. The fourth-order valence-corrected chi connectivity index (χ4v) is 3.24. The number of aryl methyl sites for hydroxylation is 2. The molecule has 25 heavy (non-hydrogen) atoms. The molecule has 0 aliphatic heterocycles. The molecule has 0 radical (unpaired) electrons. The quantitative estimate of drug-likeness (QED) is 0.303. The number of allylic oxidation sites excluding steroid dienone is 1. The molecule has 0 spiro atoms. The van der Waals surface area contributed by atoms with Crippen LogP contribution in [-0.2, 0) is 12.2 Å². The summed E-state index contributed by atoms with van der Waals surface area (Å²) in [5.74, 6) is 1.71. The Balaban J connectivity index is 1.63. The average molecular weight is 364 g/mol. The number of aromatic nitrogens is 4. The number of rotatable bonds is 12. The van der Waals surface area contributed by atoms with Crippen molar-refractivity contribution in [2.75, 3.05) is 12.3 Å². The van der Waals surface area contributed by atoms with E-state index < -0.39 is 4.92 Å². The summed E-state index contributed by atoms with van der Waals surface area (Å²) in [6, 6.07) is 0. The molecule has 136 valence electrons. The summed E-state index contributed by atoms with van der Waals surface area (Å²) in [6.07, 6.45) is 9.70. The third kappa shape index (κ3) is 7.42. The predicted molar refractivity (Wildman–Crippen MR) is 98.7 cm³/mol. The fourth-order valence-electron chi connectivity index (χ4n) is 2.36. The minimum absolute atomic E-state index is 0.391. The van der Waals surface area contributed by atoms with Gasteiger partial charge in [-0.25, -0.2) is 9.97 Å². The number of thioether (sulfide) groups is 1. The van der Waals surface area contributed by atoms with Crippen LogP contribution in [0.25, 0.3) is 0 Å². The maximum atomic E-state index is 10.8. The van der Waals surface area contributed by atoms with E-state index in [4.69, 9.17) is 0 Å². The van der Waals surface area contributed by atoms with Crippen molar-refractivity contribution >= 4 is 11.8 Å². The first kappa shape index (κ1) is 19.0. The maximum Gasteiger partial charge on any atom is 0.253 e. The molecule has 0 aliphatic carbocycles. The molecule has 0 saturated carbocycles. The van der Waals surface area contributed by atoms with Crippen LogP contribution < -0.4 is 5.32 Å². The van der Waals surface area contributed by atoms with Crippen LogP contribution >= 0.6 is 11.8 Å². The summed E-state index contributed by atoms with van der Waals surface area (Å²) in [5.41, 5.74) is 3.93. The van der Waals surface area contributed by atoms with Crippen LogP contribution in [0.15, 0.2) is 30.7 Å². The van der Waals surface area contributed by atoms with Gasteiger partial charge in [0.1, 0.15) is 0 Å². The van der Waals surface area contributed by atoms with Crippen molar-refractivity contribution in [2.45, 2.75) is 38.4 Å². The van der Waals surface area contributed by atoms with E-state index >= 15 is 0 Å². The zero-order chi connectivity index (χ0) is 17.9. The standard InChI is InChI=1S/C16H24N6O2S/c1-13-16(21-12-19-13)10-25-7-6-18-15(9-22(23)24)5-3-2-4-14-8-17-11-20-14/h8-9,11-12,18H,2-7,10H2,1H3,(H,17,20)(H,19,21). The van der Waals surface area contributed by atoms with E-state index in [9.17, 15) is 10.1 Å². The van der Waals surface area contributed by atoms with Crippen molar-refractivity contribution in [3.63, 3.8) is 0 Å². The minimum atomic E-state index is -0.391. The van der Waals surface area contributed by atoms with E-state index in [-0.39, 0.29) is 0 Å². The second kappa shape index (κ2) is 10.5. The smallest absolute Gasteiger partial charge is 0.253 e. The molecule has 2 heterocycles. The molecule has 0 fully saturated rings. The predicted octanol–water partition coefficient (Wildman–Crippen LogP) is 2.80. The van der Waals surface area contributed by atoms with Crippen molar-refractivity contribution in [2.24, 2.45) is 0 Å². The molecule has 8 nitrogen and oxygen atoms in total. The van der Waals surface area contributed by atoms with E-state index in [1.807, 2.05) is 13.1 Å². The molecule has 0 atom stereocenters. The van der Waals surface area contributed by atoms with Gasteiger partial charge < -0.3 is 15.3 Å². The van der Waals surface area contributed by atoms with Crippen molar-refractivity contribution < 1.29 is 4.92 Å². The zero-order valence-electron chi connectivity index (χ0n) is 14.3. The first-order chi connectivity index (χ1) is 12.1. The Morgan fingerprint density at radius 1 is 1.40 bits per heavy atom. The SMILES string of the molecule is Cc1[nH]cnc1CSCCNC(=C[N+](=O)[O-])CCCCc1cnc[nH]1. The normalized spacial score (nSPS) is 11.6. The average Bonchev–Trinajstić information content (AvgIpc) is 3.22. The van der Waals surface area contributed by atoms with Gasteiger partial charge in [0.25, 0.3) is 6.20 Å². The number of unbranched alkanes of at least 4 members (excludes halogenated alkanes) is 1. The lowest BCUT2D eigenvalue weighted by molar-refractivity contribution is -0.403. The first-order valence-corrected chi connectivity index (χ1v) is 9.42. The minimum Gasteiger partial charge on any atom is -0.383 e. The van der Waals surface area contributed by atoms with Crippen LogP contribution in [0.3, 0.4) is 0 Å². The van der Waals surface area contributed by atoms with Gasteiger partial charge in [0, 0.05) is 35.6 Å². The zero-order valence-corrected chi connectivity index (χ0v) is 15.1. The number of hydrogen-bond acceptors (Lipinski definition) is 6. The number of hydrogen-bond donors (Lipinski definition) is 3. The molecule has 0 unspecified atom stereocenters. The van der Waals surface area contributed by atoms with Gasteiger partial charge in [0.2, 0.25) is 0 Å². The summed E-state index contributed by atoms with van der Waals surface area (Å²) < 4.78 is 0. The molecule has 0 amide bonds. The van der Waals surface area contributed by atoms with Gasteiger partial charge in [-0.15, -0.1) is 0 Å². The molecule has 0 aromatic carbocycles. The molecule has 0 saturated heterocycles. The molecule has 2 aromatic rings. The van der Waals surface area contributed by atoms with E-state index in [0.29, 0.717) is 18.7 Å². The van der Waals surface area contributed by atoms with Gasteiger partial charge in [-0.1, -0.05) is 0 Å². The number of nitrogens with zero attached hydrogens (tertiary/aromatic N) is 3. The Kier molecular flexibility index (Phi) is 8.03. The van der Waals surface area contributed by atoms with Gasteiger partial charge in [-0.05, 0) is 32.6 Å². The highest BCUT2D eigenvalue weighted by molar-refractivity contribution is 7.98. The topological polar surface area (TPSA) is 113 Å².